The van der Waals surface area contributed by atoms with Gasteiger partial charge in [-0.25, -0.2) is 4.98 Å². The SMILES string of the molecule is C/C=C/N.C/C=C/c1nc2ccccc2n1-c1ccccc1.CC.CCC. The number of rotatable bonds is 2. The van der Waals surface area contributed by atoms with E-state index in [1.54, 1.807) is 6.08 Å². The molecule has 2 aromatic carbocycles. The lowest BCUT2D eigenvalue weighted by Gasteiger charge is -2.06. The first-order valence-corrected chi connectivity index (χ1v) is 9.71. The van der Waals surface area contributed by atoms with Gasteiger partial charge in [0.25, 0.3) is 0 Å². The average Bonchev–Trinajstić information content (AvgIpc) is 3.09. The first-order chi connectivity index (χ1) is 13.2. The van der Waals surface area contributed by atoms with E-state index in [2.05, 4.69) is 41.6 Å². The van der Waals surface area contributed by atoms with Crippen molar-refractivity contribution in [2.45, 2.75) is 48.0 Å². The van der Waals surface area contributed by atoms with E-state index in [1.807, 2.05) is 76.2 Å². The highest BCUT2D eigenvalue weighted by Crippen LogP contribution is 2.22. The molecule has 3 nitrogen and oxygen atoms in total. The summed E-state index contributed by atoms with van der Waals surface area (Å²) in [6.45, 7) is 12.1. The molecule has 0 atom stereocenters. The standard InChI is InChI=1S/C16H14N2.C3H7N.C3H8.C2H6/c1-2-8-16-17-14-11-6-7-12-15(14)18(16)13-9-4-3-5-10-13;1-2-3-4;1-3-2;1-2/h2-12H,1H3;2-3H,4H2,1H3;3H2,1-2H3;1-2H3/b8-2+;3-2+;;. The molecular weight excluding hydrogens is 330 g/mol. The summed E-state index contributed by atoms with van der Waals surface area (Å²) in [6, 6.07) is 18.5. The third kappa shape index (κ3) is 7.95. The monoisotopic (exact) mass is 365 g/mol. The number of allylic oxidation sites excluding steroid dienone is 2. The van der Waals surface area contributed by atoms with Crippen LogP contribution in [0.1, 0.15) is 53.8 Å². The second-order valence-corrected chi connectivity index (χ2v) is 5.36. The van der Waals surface area contributed by atoms with E-state index < -0.39 is 0 Å². The van der Waals surface area contributed by atoms with Gasteiger partial charge in [-0.1, -0.05) is 76.6 Å². The lowest BCUT2D eigenvalue weighted by atomic mass is 10.3. The van der Waals surface area contributed by atoms with Crippen molar-refractivity contribution in [2.75, 3.05) is 0 Å². The van der Waals surface area contributed by atoms with Crippen molar-refractivity contribution in [3.05, 3.63) is 78.8 Å². The topological polar surface area (TPSA) is 43.8 Å². The molecule has 3 rings (SSSR count). The summed E-state index contributed by atoms with van der Waals surface area (Å²) in [5, 5.41) is 0. The second kappa shape index (κ2) is 15.4. The minimum absolute atomic E-state index is 0.963. The fourth-order valence-electron chi connectivity index (χ4n) is 2.15. The van der Waals surface area contributed by atoms with Crippen molar-refractivity contribution in [2.24, 2.45) is 5.73 Å². The molecule has 1 aromatic heterocycles. The molecule has 0 fully saturated rings. The van der Waals surface area contributed by atoms with Crippen molar-refractivity contribution in [1.82, 2.24) is 9.55 Å². The van der Waals surface area contributed by atoms with Crippen LogP contribution in [0, 0.1) is 0 Å². The molecule has 0 spiro atoms. The highest BCUT2D eigenvalue weighted by atomic mass is 15.1. The van der Waals surface area contributed by atoms with Crippen LogP contribution in [0.3, 0.4) is 0 Å². The summed E-state index contributed by atoms with van der Waals surface area (Å²) >= 11 is 0. The van der Waals surface area contributed by atoms with Crippen molar-refractivity contribution in [1.29, 1.82) is 0 Å². The van der Waals surface area contributed by atoms with Crippen LogP contribution in [0.25, 0.3) is 22.8 Å². The largest absolute Gasteiger partial charge is 0.405 e. The number of nitrogens with two attached hydrogens (primary N) is 1. The smallest absolute Gasteiger partial charge is 0.138 e. The molecule has 0 radical (unpaired) electrons. The molecule has 27 heavy (non-hydrogen) atoms. The molecule has 0 saturated carbocycles. The predicted octanol–water partition coefficient (Wildman–Crippen LogP) is 6.98. The number of hydrogen-bond donors (Lipinski definition) is 1. The molecular formula is C24H35N3. The number of para-hydroxylation sites is 3. The van der Waals surface area contributed by atoms with Gasteiger partial charge in [0.1, 0.15) is 5.82 Å². The predicted molar refractivity (Wildman–Crippen MR) is 122 cm³/mol. The molecule has 3 aromatic rings. The van der Waals surface area contributed by atoms with Gasteiger partial charge < -0.3 is 5.73 Å². The molecule has 1 heterocycles. The van der Waals surface area contributed by atoms with E-state index in [-0.39, 0.29) is 0 Å². The van der Waals surface area contributed by atoms with Crippen molar-refractivity contribution >= 4 is 17.1 Å². The van der Waals surface area contributed by atoms with Gasteiger partial charge in [0, 0.05) is 5.69 Å². The highest BCUT2D eigenvalue weighted by Gasteiger charge is 2.08. The van der Waals surface area contributed by atoms with Gasteiger partial charge in [0.2, 0.25) is 0 Å². The maximum atomic E-state index is 4.85. The fourth-order valence-corrected chi connectivity index (χ4v) is 2.15. The molecule has 0 unspecified atom stereocenters. The summed E-state index contributed by atoms with van der Waals surface area (Å²) in [7, 11) is 0. The molecule has 0 aliphatic carbocycles. The van der Waals surface area contributed by atoms with E-state index in [4.69, 9.17) is 5.73 Å². The zero-order valence-corrected chi connectivity index (χ0v) is 17.7. The third-order valence-corrected chi connectivity index (χ3v) is 3.11. The van der Waals surface area contributed by atoms with Gasteiger partial charge in [0.15, 0.2) is 0 Å². The van der Waals surface area contributed by atoms with Crippen LogP contribution in [0.4, 0.5) is 0 Å². The molecule has 3 heteroatoms. The molecule has 0 bridgehead atoms. The number of aromatic nitrogens is 2. The number of benzene rings is 2. The fraction of sp³-hybridized carbons (Fsp3) is 0.292. The van der Waals surface area contributed by atoms with Crippen LogP contribution in [-0.4, -0.2) is 9.55 Å². The van der Waals surface area contributed by atoms with E-state index in [0.29, 0.717) is 0 Å². The number of hydrogen-bond acceptors (Lipinski definition) is 2. The van der Waals surface area contributed by atoms with Crippen LogP contribution in [-0.2, 0) is 0 Å². The van der Waals surface area contributed by atoms with Gasteiger partial charge in [-0.05, 0) is 50.4 Å². The minimum atomic E-state index is 0.963. The zero-order valence-electron chi connectivity index (χ0n) is 17.7. The lowest BCUT2D eigenvalue weighted by Crippen LogP contribution is -1.96. The number of fused-ring (bicyclic) bond motifs is 1. The van der Waals surface area contributed by atoms with Crippen molar-refractivity contribution in [3.8, 4) is 5.69 Å². The lowest BCUT2D eigenvalue weighted by molar-refractivity contribution is 1.07. The number of imidazole rings is 1. The molecule has 0 aliphatic rings. The van der Waals surface area contributed by atoms with Crippen molar-refractivity contribution in [3.63, 3.8) is 0 Å². The van der Waals surface area contributed by atoms with Crippen LogP contribution in [0.5, 0.6) is 0 Å². The Morgan fingerprint density at radius 1 is 0.889 bits per heavy atom. The molecule has 0 saturated heterocycles. The van der Waals surface area contributed by atoms with Crippen LogP contribution >= 0.6 is 0 Å². The van der Waals surface area contributed by atoms with Crippen LogP contribution < -0.4 is 5.73 Å². The Morgan fingerprint density at radius 2 is 1.41 bits per heavy atom. The molecule has 0 aliphatic heterocycles. The summed E-state index contributed by atoms with van der Waals surface area (Å²) in [5.74, 6) is 0.963. The maximum absolute atomic E-state index is 4.85. The first-order valence-electron chi connectivity index (χ1n) is 9.71. The van der Waals surface area contributed by atoms with E-state index in [1.165, 1.54) is 12.6 Å². The van der Waals surface area contributed by atoms with Gasteiger partial charge in [-0.2, -0.15) is 0 Å². The van der Waals surface area contributed by atoms with Crippen molar-refractivity contribution < 1.29 is 0 Å². The highest BCUT2D eigenvalue weighted by molar-refractivity contribution is 5.80. The number of nitrogens with zero attached hydrogens (tertiary/aromatic N) is 2. The first kappa shape index (κ1) is 24.2. The summed E-state index contributed by atoms with van der Waals surface area (Å²) < 4.78 is 2.18. The summed E-state index contributed by atoms with van der Waals surface area (Å²) in [5.41, 5.74) is 8.14. The minimum Gasteiger partial charge on any atom is -0.405 e. The Hall–Kier alpha value is -2.81. The normalized spacial score (nSPS) is 9.85. The van der Waals surface area contributed by atoms with Gasteiger partial charge in [0.05, 0.1) is 11.0 Å². The Bertz CT molecular complexity index is 780. The third-order valence-electron chi connectivity index (χ3n) is 3.11. The van der Waals surface area contributed by atoms with Crippen LogP contribution in [0.2, 0.25) is 0 Å². The summed E-state index contributed by atoms with van der Waals surface area (Å²) in [4.78, 5) is 4.65. The Balaban J connectivity index is 0.000000644. The van der Waals surface area contributed by atoms with Crippen LogP contribution in [0.15, 0.2) is 72.9 Å². The second-order valence-electron chi connectivity index (χ2n) is 5.36. The van der Waals surface area contributed by atoms with E-state index in [0.717, 1.165) is 22.5 Å². The van der Waals surface area contributed by atoms with E-state index >= 15 is 0 Å². The Kier molecular flexibility index (Phi) is 13.8. The quantitative estimate of drug-likeness (QED) is 0.532. The molecule has 0 amide bonds. The van der Waals surface area contributed by atoms with Gasteiger partial charge in [-0.3, -0.25) is 4.57 Å². The summed E-state index contributed by atoms with van der Waals surface area (Å²) in [6.07, 6.45) is 8.58. The maximum Gasteiger partial charge on any atom is 0.138 e. The Labute approximate surface area is 165 Å². The van der Waals surface area contributed by atoms with Gasteiger partial charge >= 0.3 is 0 Å². The Morgan fingerprint density at radius 3 is 1.93 bits per heavy atom. The average molecular weight is 366 g/mol. The zero-order chi connectivity index (χ0) is 20.5. The molecule has 2 N–H and O–H groups in total. The molecule has 146 valence electrons. The van der Waals surface area contributed by atoms with Gasteiger partial charge in [-0.15, -0.1) is 0 Å². The van der Waals surface area contributed by atoms with E-state index in [9.17, 15) is 0 Å².